The van der Waals surface area contributed by atoms with Gasteiger partial charge in [0, 0.05) is 16.4 Å². The average Bonchev–Trinajstić information content (AvgIpc) is 2.86. The van der Waals surface area contributed by atoms with E-state index in [4.69, 9.17) is 11.6 Å². The Hall–Kier alpha value is -3.26. The Bertz CT molecular complexity index is 1440. The second-order valence-electron chi connectivity index (χ2n) is 8.20. The van der Waals surface area contributed by atoms with Gasteiger partial charge < -0.3 is 5.32 Å². The monoisotopic (exact) mass is 536 g/mol. The Morgan fingerprint density at radius 3 is 2.22 bits per heavy atom. The number of benzene rings is 4. The molecule has 184 valence electrons. The maximum absolute atomic E-state index is 12.9. The molecule has 4 rings (SSSR count). The molecule has 1 atom stereocenters. The third-order valence-corrected chi connectivity index (χ3v) is 8.29. The summed E-state index contributed by atoms with van der Waals surface area (Å²) in [5, 5.41) is 3.42. The number of nitrogens with one attached hydrogen (secondary N) is 2. The van der Waals surface area contributed by atoms with Crippen molar-refractivity contribution in [1.29, 1.82) is 0 Å². The minimum Gasteiger partial charge on any atom is -0.325 e. The van der Waals surface area contributed by atoms with Crippen LogP contribution in [0.25, 0.3) is 0 Å². The maximum atomic E-state index is 12.9. The van der Waals surface area contributed by atoms with Crippen molar-refractivity contribution in [3.63, 3.8) is 0 Å². The zero-order valence-corrected chi connectivity index (χ0v) is 21.9. The van der Waals surface area contributed by atoms with Crippen LogP contribution in [-0.4, -0.2) is 20.1 Å². The fraction of sp³-hybridized carbons (Fsp3) is 0.107. The molecule has 1 unspecified atom stereocenters. The molecule has 0 aliphatic carbocycles. The normalized spacial score (nSPS) is 12.1. The molecule has 0 radical (unpaired) electrons. The third-order valence-electron chi connectivity index (χ3n) is 5.35. The highest BCUT2D eigenvalue weighted by atomic mass is 35.5. The fourth-order valence-corrected chi connectivity index (χ4v) is 5.98. The Balaban J connectivity index is 1.45. The van der Waals surface area contributed by atoms with E-state index in [1.807, 2.05) is 67.6 Å². The van der Waals surface area contributed by atoms with Crippen LogP contribution in [0.3, 0.4) is 0 Å². The van der Waals surface area contributed by atoms with E-state index >= 15 is 0 Å². The van der Waals surface area contributed by atoms with E-state index < -0.39 is 10.0 Å². The summed E-state index contributed by atoms with van der Waals surface area (Å²) in [5.74, 6) is -0.0446. The second kappa shape index (κ2) is 11.6. The highest BCUT2D eigenvalue weighted by Crippen LogP contribution is 2.36. The number of halogens is 1. The first-order valence-electron chi connectivity index (χ1n) is 11.2. The van der Waals surface area contributed by atoms with E-state index in [-0.39, 0.29) is 21.8 Å². The van der Waals surface area contributed by atoms with Crippen LogP contribution in [0.15, 0.2) is 108 Å². The number of carbonyl (C=O) groups excluding carboxylic acids is 1. The van der Waals surface area contributed by atoms with Crippen LogP contribution in [0.2, 0.25) is 5.02 Å². The lowest BCUT2D eigenvalue weighted by atomic mass is 10.0. The number of aryl methyl sites for hydroxylation is 1. The van der Waals surface area contributed by atoms with Crippen molar-refractivity contribution in [3.05, 3.63) is 125 Å². The Morgan fingerprint density at radius 1 is 0.833 bits per heavy atom. The van der Waals surface area contributed by atoms with Crippen LogP contribution >= 0.6 is 23.4 Å². The van der Waals surface area contributed by atoms with E-state index in [1.165, 1.54) is 23.9 Å². The molecule has 0 heterocycles. The van der Waals surface area contributed by atoms with Gasteiger partial charge in [0.15, 0.2) is 0 Å². The highest BCUT2D eigenvalue weighted by molar-refractivity contribution is 8.00. The molecule has 2 N–H and O–H groups in total. The second-order valence-corrected chi connectivity index (χ2v) is 11.4. The standard InChI is InChI=1S/C28H25ClN2O3S2/c1-20-7-5-11-25(17-20)31-36(33,34)26-12-6-10-24(18-26)30-27(32)19-35-28(21-8-3-2-4-9-21)22-13-15-23(29)16-14-22/h2-18,28,31H,19H2,1H3,(H,30,32). The third kappa shape index (κ3) is 6.91. The van der Waals surface area contributed by atoms with E-state index in [1.54, 1.807) is 30.3 Å². The zero-order chi connectivity index (χ0) is 25.5. The maximum Gasteiger partial charge on any atom is 0.261 e. The molecule has 0 bridgehead atoms. The molecular formula is C28H25ClN2O3S2. The van der Waals surface area contributed by atoms with Crippen molar-refractivity contribution in [2.75, 3.05) is 15.8 Å². The van der Waals surface area contributed by atoms with Gasteiger partial charge in [-0.05, 0) is 66.1 Å². The van der Waals surface area contributed by atoms with Gasteiger partial charge in [-0.1, -0.05) is 72.3 Å². The van der Waals surface area contributed by atoms with E-state index in [0.29, 0.717) is 16.4 Å². The number of hydrogen-bond acceptors (Lipinski definition) is 4. The van der Waals surface area contributed by atoms with Gasteiger partial charge in [-0.15, -0.1) is 11.8 Å². The van der Waals surface area contributed by atoms with Gasteiger partial charge in [0.1, 0.15) is 0 Å². The van der Waals surface area contributed by atoms with Gasteiger partial charge in [-0.25, -0.2) is 8.42 Å². The molecule has 0 fully saturated rings. The molecule has 36 heavy (non-hydrogen) atoms. The van der Waals surface area contributed by atoms with Crippen molar-refractivity contribution in [3.8, 4) is 0 Å². The number of thioether (sulfide) groups is 1. The molecule has 0 saturated carbocycles. The number of rotatable bonds is 9. The fourth-order valence-electron chi connectivity index (χ4n) is 3.67. The van der Waals surface area contributed by atoms with Crippen molar-refractivity contribution < 1.29 is 13.2 Å². The molecule has 0 aromatic heterocycles. The number of amides is 1. The van der Waals surface area contributed by atoms with Crippen molar-refractivity contribution >= 4 is 50.7 Å². The summed E-state index contributed by atoms with van der Waals surface area (Å²) in [6, 6.07) is 30.9. The minimum atomic E-state index is -3.81. The number of anilines is 2. The van der Waals surface area contributed by atoms with Crippen LogP contribution < -0.4 is 10.0 Å². The summed E-state index contributed by atoms with van der Waals surface area (Å²) < 4.78 is 28.3. The van der Waals surface area contributed by atoms with Crippen LogP contribution in [0, 0.1) is 6.92 Å². The molecule has 0 spiro atoms. The summed E-state index contributed by atoms with van der Waals surface area (Å²) >= 11 is 7.55. The molecule has 5 nitrogen and oxygen atoms in total. The average molecular weight is 537 g/mol. The van der Waals surface area contributed by atoms with Gasteiger partial charge in [-0.2, -0.15) is 0 Å². The lowest BCUT2D eigenvalue weighted by molar-refractivity contribution is -0.113. The van der Waals surface area contributed by atoms with Gasteiger partial charge in [-0.3, -0.25) is 9.52 Å². The first-order chi connectivity index (χ1) is 17.3. The molecular weight excluding hydrogens is 512 g/mol. The number of hydrogen-bond donors (Lipinski definition) is 2. The topological polar surface area (TPSA) is 75.3 Å². The van der Waals surface area contributed by atoms with Crippen LogP contribution in [0.4, 0.5) is 11.4 Å². The molecule has 0 aliphatic rings. The SMILES string of the molecule is Cc1cccc(NS(=O)(=O)c2cccc(NC(=O)CSC(c3ccccc3)c3ccc(Cl)cc3)c2)c1. The lowest BCUT2D eigenvalue weighted by Gasteiger charge is -2.18. The van der Waals surface area contributed by atoms with Crippen molar-refractivity contribution in [2.24, 2.45) is 0 Å². The molecule has 4 aromatic carbocycles. The van der Waals surface area contributed by atoms with Crippen LogP contribution in [-0.2, 0) is 14.8 Å². The smallest absolute Gasteiger partial charge is 0.261 e. The molecule has 0 saturated heterocycles. The Morgan fingerprint density at radius 2 is 1.50 bits per heavy atom. The predicted molar refractivity (Wildman–Crippen MR) is 149 cm³/mol. The van der Waals surface area contributed by atoms with E-state index in [9.17, 15) is 13.2 Å². The first-order valence-corrected chi connectivity index (χ1v) is 14.1. The summed E-state index contributed by atoms with van der Waals surface area (Å²) in [6.45, 7) is 1.89. The van der Waals surface area contributed by atoms with Gasteiger partial charge in [0.25, 0.3) is 10.0 Å². The minimum absolute atomic E-state index is 0.0561. The van der Waals surface area contributed by atoms with Crippen LogP contribution in [0.1, 0.15) is 21.9 Å². The first kappa shape index (κ1) is 25.8. The number of carbonyl (C=O) groups is 1. The zero-order valence-electron chi connectivity index (χ0n) is 19.5. The number of sulfonamides is 1. The predicted octanol–water partition coefficient (Wildman–Crippen LogP) is 6.91. The van der Waals surface area contributed by atoms with Gasteiger partial charge in [0.2, 0.25) is 5.91 Å². The lowest BCUT2D eigenvalue weighted by Crippen LogP contribution is -2.17. The van der Waals surface area contributed by atoms with Gasteiger partial charge in [0.05, 0.1) is 15.9 Å². The van der Waals surface area contributed by atoms with Crippen molar-refractivity contribution in [1.82, 2.24) is 0 Å². The molecule has 0 aliphatic heterocycles. The van der Waals surface area contributed by atoms with Crippen molar-refractivity contribution in [2.45, 2.75) is 17.1 Å². The largest absolute Gasteiger partial charge is 0.325 e. The summed E-state index contributed by atoms with van der Waals surface area (Å²) in [5.41, 5.74) is 3.96. The quantitative estimate of drug-likeness (QED) is 0.244. The van der Waals surface area contributed by atoms with Gasteiger partial charge >= 0.3 is 0 Å². The molecule has 4 aromatic rings. The van der Waals surface area contributed by atoms with Crippen LogP contribution in [0.5, 0.6) is 0 Å². The summed E-state index contributed by atoms with van der Waals surface area (Å²) in [6.07, 6.45) is 0. The van der Waals surface area contributed by atoms with E-state index in [2.05, 4.69) is 10.0 Å². The highest BCUT2D eigenvalue weighted by Gasteiger charge is 2.18. The molecule has 8 heteroatoms. The Labute approximate surface area is 221 Å². The van der Waals surface area contributed by atoms with E-state index in [0.717, 1.165) is 16.7 Å². The molecule has 1 amide bonds. The Kier molecular flexibility index (Phi) is 8.36. The summed E-state index contributed by atoms with van der Waals surface area (Å²) in [4.78, 5) is 12.9. The summed E-state index contributed by atoms with van der Waals surface area (Å²) in [7, 11) is -3.81.